The maximum absolute atomic E-state index is 11.4. The van der Waals surface area contributed by atoms with Gasteiger partial charge in [-0.1, -0.05) is 13.8 Å². The van der Waals surface area contributed by atoms with Gasteiger partial charge in [-0.25, -0.2) is 0 Å². The second-order valence-corrected chi connectivity index (χ2v) is 6.06. The first-order valence-corrected chi connectivity index (χ1v) is 6.56. The summed E-state index contributed by atoms with van der Waals surface area (Å²) in [4.78, 5) is 11.4. The SMILES string of the molecule is CC1(C)CCC(O)(CNC(=O)CCCN)CC1. The van der Waals surface area contributed by atoms with Crippen LogP contribution < -0.4 is 11.1 Å². The van der Waals surface area contributed by atoms with E-state index in [9.17, 15) is 9.90 Å². The highest BCUT2D eigenvalue weighted by molar-refractivity contribution is 5.75. The number of nitrogens with two attached hydrogens (primary N) is 1. The van der Waals surface area contributed by atoms with E-state index in [1.807, 2.05) is 0 Å². The van der Waals surface area contributed by atoms with E-state index in [4.69, 9.17) is 5.73 Å². The van der Waals surface area contributed by atoms with Crippen LogP contribution in [0.4, 0.5) is 0 Å². The van der Waals surface area contributed by atoms with Crippen LogP contribution in [0.3, 0.4) is 0 Å². The van der Waals surface area contributed by atoms with E-state index < -0.39 is 5.60 Å². The first-order chi connectivity index (χ1) is 7.87. The summed E-state index contributed by atoms with van der Waals surface area (Å²) in [5.74, 6) is -0.00583. The number of hydrogen-bond acceptors (Lipinski definition) is 3. The predicted octanol–water partition coefficient (Wildman–Crippen LogP) is 1.17. The molecule has 0 unspecified atom stereocenters. The number of amides is 1. The zero-order valence-corrected chi connectivity index (χ0v) is 11.1. The van der Waals surface area contributed by atoms with Crippen LogP contribution in [0.25, 0.3) is 0 Å². The fraction of sp³-hybridized carbons (Fsp3) is 0.923. The Morgan fingerprint density at radius 3 is 2.41 bits per heavy atom. The molecule has 1 fully saturated rings. The van der Waals surface area contributed by atoms with Gasteiger partial charge in [0, 0.05) is 13.0 Å². The van der Waals surface area contributed by atoms with E-state index in [0.717, 1.165) is 25.7 Å². The maximum Gasteiger partial charge on any atom is 0.220 e. The van der Waals surface area contributed by atoms with Crippen LogP contribution in [0.2, 0.25) is 0 Å². The summed E-state index contributed by atoms with van der Waals surface area (Å²) in [5, 5.41) is 13.1. The molecule has 1 rings (SSSR count). The molecule has 1 aliphatic carbocycles. The third-order valence-corrected chi connectivity index (χ3v) is 3.76. The second kappa shape index (κ2) is 5.83. The topological polar surface area (TPSA) is 75.3 Å². The van der Waals surface area contributed by atoms with Crippen molar-refractivity contribution < 1.29 is 9.90 Å². The molecule has 0 aromatic carbocycles. The summed E-state index contributed by atoms with van der Waals surface area (Å²) in [6, 6.07) is 0. The Labute approximate surface area is 104 Å². The van der Waals surface area contributed by atoms with Crippen LogP contribution in [0.1, 0.15) is 52.4 Å². The summed E-state index contributed by atoms with van der Waals surface area (Å²) < 4.78 is 0. The largest absolute Gasteiger partial charge is 0.388 e. The molecule has 1 aliphatic rings. The minimum Gasteiger partial charge on any atom is -0.388 e. The van der Waals surface area contributed by atoms with E-state index in [1.165, 1.54) is 0 Å². The molecule has 1 amide bonds. The van der Waals surface area contributed by atoms with Gasteiger partial charge in [-0.2, -0.15) is 0 Å². The van der Waals surface area contributed by atoms with Gasteiger partial charge in [0.1, 0.15) is 0 Å². The normalized spacial score (nSPS) is 22.1. The van der Waals surface area contributed by atoms with Crippen molar-refractivity contribution in [3.05, 3.63) is 0 Å². The first-order valence-electron chi connectivity index (χ1n) is 6.56. The van der Waals surface area contributed by atoms with Crippen molar-refractivity contribution in [2.75, 3.05) is 13.1 Å². The Kier molecular flexibility index (Phi) is 4.95. The summed E-state index contributed by atoms with van der Waals surface area (Å²) in [6.07, 6.45) is 4.74. The number of carbonyl (C=O) groups excluding carboxylic acids is 1. The van der Waals surface area contributed by atoms with Crippen molar-refractivity contribution >= 4 is 5.91 Å². The Bertz CT molecular complexity index is 254. The highest BCUT2D eigenvalue weighted by Crippen LogP contribution is 2.39. The highest BCUT2D eigenvalue weighted by Gasteiger charge is 2.36. The van der Waals surface area contributed by atoms with Gasteiger partial charge in [-0.3, -0.25) is 4.79 Å². The van der Waals surface area contributed by atoms with E-state index in [1.54, 1.807) is 0 Å². The molecule has 4 heteroatoms. The molecule has 100 valence electrons. The van der Waals surface area contributed by atoms with Crippen LogP contribution in [0, 0.1) is 5.41 Å². The van der Waals surface area contributed by atoms with Gasteiger partial charge in [-0.05, 0) is 44.1 Å². The second-order valence-electron chi connectivity index (χ2n) is 6.06. The van der Waals surface area contributed by atoms with Gasteiger partial charge in [0.25, 0.3) is 0 Å². The monoisotopic (exact) mass is 242 g/mol. The van der Waals surface area contributed by atoms with Crippen molar-refractivity contribution in [1.82, 2.24) is 5.32 Å². The average Bonchev–Trinajstić information content (AvgIpc) is 2.29. The van der Waals surface area contributed by atoms with Crippen molar-refractivity contribution in [1.29, 1.82) is 0 Å². The molecule has 0 radical (unpaired) electrons. The fourth-order valence-corrected chi connectivity index (χ4v) is 2.18. The van der Waals surface area contributed by atoms with E-state index in [2.05, 4.69) is 19.2 Å². The highest BCUT2D eigenvalue weighted by atomic mass is 16.3. The zero-order chi connectivity index (χ0) is 12.9. The lowest BCUT2D eigenvalue weighted by Crippen LogP contribution is -2.46. The van der Waals surface area contributed by atoms with Crippen LogP contribution in [-0.2, 0) is 4.79 Å². The summed E-state index contributed by atoms with van der Waals surface area (Å²) in [7, 11) is 0. The fourth-order valence-electron chi connectivity index (χ4n) is 2.18. The van der Waals surface area contributed by atoms with Crippen LogP contribution in [0.5, 0.6) is 0 Å². The Morgan fingerprint density at radius 1 is 1.29 bits per heavy atom. The number of rotatable bonds is 5. The molecule has 0 aromatic heterocycles. The Morgan fingerprint density at radius 2 is 1.88 bits per heavy atom. The third kappa shape index (κ3) is 5.04. The van der Waals surface area contributed by atoms with Gasteiger partial charge in [0.15, 0.2) is 0 Å². The molecular weight excluding hydrogens is 216 g/mol. The molecule has 1 saturated carbocycles. The lowest BCUT2D eigenvalue weighted by Gasteiger charge is -2.40. The standard InChI is InChI=1S/C13H26N2O2/c1-12(2)5-7-13(17,8-6-12)10-15-11(16)4-3-9-14/h17H,3-10,14H2,1-2H3,(H,15,16). The van der Waals surface area contributed by atoms with Crippen molar-refractivity contribution in [3.8, 4) is 0 Å². The van der Waals surface area contributed by atoms with Gasteiger partial charge in [0.05, 0.1) is 5.60 Å². The summed E-state index contributed by atoms with van der Waals surface area (Å²) in [5.41, 5.74) is 4.97. The minimum absolute atomic E-state index is 0.00583. The van der Waals surface area contributed by atoms with Crippen molar-refractivity contribution in [2.45, 2.75) is 58.0 Å². The molecule has 4 N–H and O–H groups in total. The smallest absolute Gasteiger partial charge is 0.220 e. The molecule has 0 bridgehead atoms. The number of aliphatic hydroxyl groups is 1. The number of nitrogens with one attached hydrogen (secondary N) is 1. The first kappa shape index (κ1) is 14.5. The lowest BCUT2D eigenvalue weighted by molar-refractivity contribution is -0.123. The lowest BCUT2D eigenvalue weighted by atomic mass is 9.71. The Hall–Kier alpha value is -0.610. The van der Waals surface area contributed by atoms with Gasteiger partial charge in [0.2, 0.25) is 5.91 Å². The minimum atomic E-state index is -0.701. The van der Waals surface area contributed by atoms with Crippen molar-refractivity contribution in [2.24, 2.45) is 11.1 Å². The molecule has 17 heavy (non-hydrogen) atoms. The third-order valence-electron chi connectivity index (χ3n) is 3.76. The van der Waals surface area contributed by atoms with Crippen LogP contribution in [-0.4, -0.2) is 29.7 Å². The molecule has 0 aromatic rings. The van der Waals surface area contributed by atoms with E-state index >= 15 is 0 Å². The molecule has 0 spiro atoms. The van der Waals surface area contributed by atoms with Gasteiger partial charge >= 0.3 is 0 Å². The summed E-state index contributed by atoms with van der Waals surface area (Å²) in [6.45, 7) is 5.37. The Balaban J connectivity index is 2.29. The molecule has 0 heterocycles. The predicted molar refractivity (Wildman–Crippen MR) is 68.5 cm³/mol. The zero-order valence-electron chi connectivity index (χ0n) is 11.1. The van der Waals surface area contributed by atoms with Gasteiger partial charge in [-0.15, -0.1) is 0 Å². The molecule has 0 atom stereocenters. The average molecular weight is 242 g/mol. The van der Waals surface area contributed by atoms with Crippen LogP contribution in [0.15, 0.2) is 0 Å². The van der Waals surface area contributed by atoms with E-state index in [-0.39, 0.29) is 5.91 Å². The van der Waals surface area contributed by atoms with E-state index in [0.29, 0.717) is 31.3 Å². The maximum atomic E-state index is 11.4. The molecule has 0 aliphatic heterocycles. The number of hydrogen-bond donors (Lipinski definition) is 3. The van der Waals surface area contributed by atoms with Crippen LogP contribution >= 0.6 is 0 Å². The van der Waals surface area contributed by atoms with Gasteiger partial charge < -0.3 is 16.2 Å². The quantitative estimate of drug-likeness (QED) is 0.677. The van der Waals surface area contributed by atoms with Crippen molar-refractivity contribution in [3.63, 3.8) is 0 Å². The molecule has 4 nitrogen and oxygen atoms in total. The summed E-state index contributed by atoms with van der Waals surface area (Å²) >= 11 is 0. The molecular formula is C13H26N2O2. The number of carbonyl (C=O) groups is 1. The molecule has 0 saturated heterocycles.